The maximum atomic E-state index is 12.9. The molecule has 0 aromatic carbocycles. The van der Waals surface area contributed by atoms with Crippen molar-refractivity contribution >= 4 is 23.8 Å². The number of esters is 1. The molecule has 0 aromatic heterocycles. The van der Waals surface area contributed by atoms with E-state index in [1.54, 1.807) is 0 Å². The molecule has 0 fully saturated rings. The number of hydrogen-bond donors (Lipinski definition) is 1. The van der Waals surface area contributed by atoms with Crippen molar-refractivity contribution < 1.29 is 18.8 Å². The number of unbranched alkanes of at least 4 members (excludes halogenated alkanes) is 15. The average Bonchev–Trinajstić information content (AvgIpc) is 3.43. The summed E-state index contributed by atoms with van der Waals surface area (Å²) in [7, 11) is 2.28. The van der Waals surface area contributed by atoms with Crippen LogP contribution in [0.3, 0.4) is 0 Å². The van der Waals surface area contributed by atoms with Gasteiger partial charge in [0.1, 0.15) is 12.3 Å². The Bertz CT molecular complexity index is 787. The van der Waals surface area contributed by atoms with Gasteiger partial charge < -0.3 is 9.47 Å². The molecule has 0 saturated carbocycles. The molecular weight excluding hydrogens is 542 g/mol. The molecule has 7 heteroatoms. The highest BCUT2D eigenvalue weighted by Gasteiger charge is 2.40. The Kier molecular flexibility index (Phi) is 20.1. The van der Waals surface area contributed by atoms with Crippen LogP contribution in [0, 0.1) is 5.92 Å². The van der Waals surface area contributed by atoms with Crippen molar-refractivity contribution in [3.63, 3.8) is 0 Å². The van der Waals surface area contributed by atoms with Crippen LogP contribution in [0.1, 0.15) is 156 Å². The van der Waals surface area contributed by atoms with Gasteiger partial charge in [-0.3, -0.25) is 9.28 Å². The van der Waals surface area contributed by atoms with Gasteiger partial charge in [0.25, 0.3) is 0 Å². The number of rotatable bonds is 25. The van der Waals surface area contributed by atoms with Crippen molar-refractivity contribution in [2.75, 3.05) is 26.7 Å². The van der Waals surface area contributed by atoms with E-state index in [2.05, 4.69) is 45.5 Å². The molecule has 2 heterocycles. The highest BCUT2D eigenvalue weighted by molar-refractivity contribution is 7.96. The lowest BCUT2D eigenvalue weighted by Crippen LogP contribution is -2.57. The third kappa shape index (κ3) is 15.2. The summed E-state index contributed by atoms with van der Waals surface area (Å²) in [6.07, 6.45) is 26.7. The molecule has 42 heavy (non-hydrogen) atoms. The maximum Gasteiger partial charge on any atom is 0.310 e. The molecule has 1 N–H and O–H groups in total. The second-order valence-corrected chi connectivity index (χ2v) is 14.1. The van der Waals surface area contributed by atoms with Gasteiger partial charge in [-0.25, -0.2) is 4.72 Å². The number of ether oxygens (including phenoxy) is 2. The van der Waals surface area contributed by atoms with Gasteiger partial charge in [0.05, 0.1) is 25.7 Å². The Morgan fingerprint density at radius 2 is 1.50 bits per heavy atom. The zero-order valence-corrected chi connectivity index (χ0v) is 28.9. The Labute approximate surface area is 264 Å². The number of hydrogen-bond acceptors (Lipinski definition) is 6. The third-order valence-electron chi connectivity index (χ3n) is 8.82. The largest absolute Gasteiger partial charge is 0.412 e. The normalized spacial score (nSPS) is 21.4. The summed E-state index contributed by atoms with van der Waals surface area (Å²) in [5.74, 6) is 0.256. The smallest absolute Gasteiger partial charge is 0.310 e. The lowest BCUT2D eigenvalue weighted by Gasteiger charge is -2.43. The molecule has 0 radical (unpaired) electrons. The number of quaternary nitrogens is 1. The summed E-state index contributed by atoms with van der Waals surface area (Å²) in [5.41, 5.74) is 2.27. The molecule has 3 atom stereocenters. The number of nitrogens with zero attached hydrogens (tertiary/aromatic N) is 2. The molecule has 0 saturated heterocycles. The predicted molar refractivity (Wildman–Crippen MR) is 180 cm³/mol. The maximum absolute atomic E-state index is 12.9. The zero-order valence-electron chi connectivity index (χ0n) is 28.1. The SMILES string of the molecule is CCCCCCCCCCCCCCCC(OC(=O)CC(C)C)[N+]1(C)CCC=C(C2=NSNC2OCCCCCC)C1. The summed E-state index contributed by atoms with van der Waals surface area (Å²) in [5, 5.41) is 0. The van der Waals surface area contributed by atoms with Crippen LogP contribution in [0.4, 0.5) is 0 Å². The monoisotopic (exact) mass is 608 g/mol. The van der Waals surface area contributed by atoms with Gasteiger partial charge >= 0.3 is 5.97 Å². The van der Waals surface area contributed by atoms with Gasteiger partial charge in [-0.05, 0) is 18.8 Å². The van der Waals surface area contributed by atoms with Gasteiger partial charge in [-0.15, -0.1) is 0 Å². The lowest BCUT2D eigenvalue weighted by molar-refractivity contribution is -0.949. The highest BCUT2D eigenvalue weighted by atomic mass is 32.2. The van der Waals surface area contributed by atoms with Crippen LogP contribution in [0.15, 0.2) is 16.0 Å². The van der Waals surface area contributed by atoms with Crippen LogP contribution in [0.5, 0.6) is 0 Å². The minimum atomic E-state index is -0.155. The summed E-state index contributed by atoms with van der Waals surface area (Å²) in [4.78, 5) is 12.9. The molecule has 2 aliphatic rings. The molecule has 2 aliphatic heterocycles. The van der Waals surface area contributed by atoms with E-state index >= 15 is 0 Å². The summed E-state index contributed by atoms with van der Waals surface area (Å²) >= 11 is 1.39. The number of likely N-dealkylation sites (N-methyl/N-ethyl adjacent to an activating group) is 1. The van der Waals surface area contributed by atoms with Crippen molar-refractivity contribution in [3.05, 3.63) is 11.6 Å². The lowest BCUT2D eigenvalue weighted by atomic mass is 9.99. The van der Waals surface area contributed by atoms with E-state index in [4.69, 9.17) is 13.9 Å². The van der Waals surface area contributed by atoms with Crippen LogP contribution in [0.2, 0.25) is 0 Å². The minimum Gasteiger partial charge on any atom is -0.412 e. The molecule has 3 unspecified atom stereocenters. The van der Waals surface area contributed by atoms with Crippen LogP contribution in [0.25, 0.3) is 0 Å². The van der Waals surface area contributed by atoms with E-state index in [-0.39, 0.29) is 18.4 Å². The summed E-state index contributed by atoms with van der Waals surface area (Å²) in [6.45, 7) is 11.3. The van der Waals surface area contributed by atoms with Crippen molar-refractivity contribution in [2.45, 2.75) is 169 Å². The van der Waals surface area contributed by atoms with E-state index < -0.39 is 0 Å². The fraction of sp³-hybridized carbons (Fsp3) is 0.886. The van der Waals surface area contributed by atoms with Crippen LogP contribution >= 0.6 is 12.1 Å². The fourth-order valence-electron chi connectivity index (χ4n) is 6.16. The molecule has 0 bridgehead atoms. The average molecular weight is 609 g/mol. The van der Waals surface area contributed by atoms with Gasteiger partial charge in [0, 0.05) is 31.4 Å². The standard InChI is InChI=1S/C35H66N3O3S/c1-6-8-10-12-13-14-15-16-17-18-19-20-21-25-32(41-33(39)28-30(3)4)38(5)26-23-24-31(29-38)34-35(37-42-36-34)40-27-22-11-9-7-2/h24,30,32,35,37H,6-23,25-29H2,1-5H3/q+1. The predicted octanol–water partition coefficient (Wildman–Crippen LogP) is 9.69. The van der Waals surface area contributed by atoms with E-state index in [0.717, 1.165) is 55.6 Å². The molecule has 2 rings (SSSR count). The first-order chi connectivity index (χ1) is 20.4. The summed E-state index contributed by atoms with van der Waals surface area (Å²) in [6, 6.07) is 0. The molecule has 0 amide bonds. The van der Waals surface area contributed by atoms with E-state index in [1.165, 1.54) is 114 Å². The first-order valence-electron chi connectivity index (χ1n) is 17.7. The van der Waals surface area contributed by atoms with Gasteiger partial charge in [0.2, 0.25) is 6.23 Å². The number of carbonyl (C=O) groups is 1. The van der Waals surface area contributed by atoms with E-state index in [0.29, 0.717) is 12.3 Å². The molecule has 0 aromatic rings. The second-order valence-electron chi connectivity index (χ2n) is 13.5. The molecule has 0 spiro atoms. The van der Waals surface area contributed by atoms with E-state index in [1.807, 2.05) is 0 Å². The topological polar surface area (TPSA) is 59.9 Å². The quantitative estimate of drug-likeness (QED) is 0.0484. The number of carbonyl (C=O) groups excluding carboxylic acids is 1. The van der Waals surface area contributed by atoms with Crippen molar-refractivity contribution in [1.29, 1.82) is 0 Å². The third-order valence-corrected chi connectivity index (χ3v) is 9.43. The van der Waals surface area contributed by atoms with Crippen molar-refractivity contribution in [3.8, 4) is 0 Å². The fourth-order valence-corrected chi connectivity index (χ4v) is 6.80. The van der Waals surface area contributed by atoms with Gasteiger partial charge in [0.15, 0.2) is 6.23 Å². The van der Waals surface area contributed by atoms with Crippen LogP contribution in [-0.2, 0) is 14.3 Å². The second kappa shape index (κ2) is 22.6. The zero-order chi connectivity index (χ0) is 30.5. The summed E-state index contributed by atoms with van der Waals surface area (Å²) < 4.78 is 21.3. The van der Waals surface area contributed by atoms with Crippen LogP contribution in [-0.4, -0.2) is 55.4 Å². The first kappa shape index (κ1) is 37.3. The molecule has 244 valence electrons. The molecule has 6 nitrogen and oxygen atoms in total. The Morgan fingerprint density at radius 3 is 2.10 bits per heavy atom. The Morgan fingerprint density at radius 1 is 0.929 bits per heavy atom. The number of nitrogens with one attached hydrogen (secondary N) is 1. The Hall–Kier alpha value is -0.890. The highest BCUT2D eigenvalue weighted by Crippen LogP contribution is 2.29. The van der Waals surface area contributed by atoms with Gasteiger partial charge in [-0.2, -0.15) is 4.40 Å². The molecule has 0 aliphatic carbocycles. The minimum absolute atomic E-state index is 0.0520. The van der Waals surface area contributed by atoms with E-state index in [9.17, 15) is 4.79 Å². The van der Waals surface area contributed by atoms with Crippen molar-refractivity contribution in [1.82, 2.24) is 4.72 Å². The molecular formula is C35H66N3O3S+. The van der Waals surface area contributed by atoms with Crippen LogP contribution < -0.4 is 4.72 Å². The van der Waals surface area contributed by atoms with Gasteiger partial charge in [-0.1, -0.05) is 130 Å². The first-order valence-corrected chi connectivity index (χ1v) is 18.5. The van der Waals surface area contributed by atoms with Crippen molar-refractivity contribution in [2.24, 2.45) is 10.3 Å². The Balaban J connectivity index is 1.82.